The summed E-state index contributed by atoms with van der Waals surface area (Å²) in [5.74, 6) is 3.47. The maximum absolute atomic E-state index is 11.5. The summed E-state index contributed by atoms with van der Waals surface area (Å²) in [6, 6.07) is 7.85. The van der Waals surface area contributed by atoms with Crippen LogP contribution in [0.5, 0.6) is 0 Å². The number of carbonyl (C=O) groups is 3. The van der Waals surface area contributed by atoms with E-state index in [2.05, 4.69) is 10.6 Å². The van der Waals surface area contributed by atoms with Crippen LogP contribution in [0.4, 0.5) is 4.79 Å². The predicted octanol–water partition coefficient (Wildman–Crippen LogP) is -1.62. The molecule has 9 nitrogen and oxygen atoms in total. The van der Waals surface area contributed by atoms with Gasteiger partial charge in [-0.05, 0) is 5.56 Å². The average molecular weight is 310 g/mol. The molecule has 1 atom stereocenters. The van der Waals surface area contributed by atoms with Gasteiger partial charge in [-0.1, -0.05) is 30.3 Å². The van der Waals surface area contributed by atoms with Crippen molar-refractivity contribution in [3.63, 3.8) is 0 Å². The number of nitrogens with one attached hydrogen (secondary N) is 3. The van der Waals surface area contributed by atoms with E-state index in [0.29, 0.717) is 0 Å². The molecule has 9 heteroatoms. The molecule has 0 radical (unpaired) electrons. The molecule has 120 valence electrons. The second-order valence-corrected chi connectivity index (χ2v) is 4.23. The molecule has 0 aliphatic carbocycles. The fourth-order valence-electron chi connectivity index (χ4n) is 1.47. The second-order valence-electron chi connectivity index (χ2n) is 4.23. The van der Waals surface area contributed by atoms with E-state index in [9.17, 15) is 14.4 Å². The standard InChI is InChI=1S/C13H18N4O5/c14-17-12(20)10(7-18)16-11(19)6-15-13(21)22-8-9-4-2-1-3-5-9/h1-5,10,18H,6-8,14H2,(H,15,21)(H,16,19)(H,17,20)/t10-/m0/s1. The summed E-state index contributed by atoms with van der Waals surface area (Å²) in [5, 5.41) is 13.3. The Balaban J connectivity index is 2.28. The van der Waals surface area contributed by atoms with Crippen LogP contribution in [0.15, 0.2) is 30.3 Å². The van der Waals surface area contributed by atoms with Crippen LogP contribution in [-0.2, 0) is 20.9 Å². The van der Waals surface area contributed by atoms with E-state index in [-0.39, 0.29) is 6.61 Å². The van der Waals surface area contributed by atoms with Crippen LogP contribution >= 0.6 is 0 Å². The Kier molecular flexibility index (Phi) is 7.37. The first kappa shape index (κ1) is 17.4. The van der Waals surface area contributed by atoms with Crippen molar-refractivity contribution < 1.29 is 24.2 Å². The van der Waals surface area contributed by atoms with Gasteiger partial charge in [0.05, 0.1) is 6.61 Å². The fraction of sp³-hybridized carbons (Fsp3) is 0.308. The lowest BCUT2D eigenvalue weighted by Crippen LogP contribution is -2.52. The summed E-state index contributed by atoms with van der Waals surface area (Å²) in [4.78, 5) is 34.1. The number of aliphatic hydroxyl groups excluding tert-OH is 1. The summed E-state index contributed by atoms with van der Waals surface area (Å²) in [5.41, 5.74) is 2.61. The molecule has 0 fully saturated rings. The fourth-order valence-corrected chi connectivity index (χ4v) is 1.47. The molecule has 0 bridgehead atoms. The molecule has 3 amide bonds. The Hall–Kier alpha value is -2.65. The lowest BCUT2D eigenvalue weighted by molar-refractivity contribution is -0.129. The molecule has 0 unspecified atom stereocenters. The Morgan fingerprint density at radius 1 is 1.23 bits per heavy atom. The first-order valence-corrected chi connectivity index (χ1v) is 6.42. The van der Waals surface area contributed by atoms with Gasteiger partial charge in [-0.2, -0.15) is 0 Å². The van der Waals surface area contributed by atoms with Crippen molar-refractivity contribution in [1.29, 1.82) is 0 Å². The van der Waals surface area contributed by atoms with Crippen LogP contribution < -0.4 is 21.9 Å². The van der Waals surface area contributed by atoms with Crippen LogP contribution in [0.2, 0.25) is 0 Å². The highest BCUT2D eigenvalue weighted by Gasteiger charge is 2.19. The summed E-state index contributed by atoms with van der Waals surface area (Å²) in [6.45, 7) is -0.946. The Morgan fingerprint density at radius 2 is 1.91 bits per heavy atom. The minimum Gasteiger partial charge on any atom is -0.445 e. The van der Waals surface area contributed by atoms with Gasteiger partial charge in [0.25, 0.3) is 5.91 Å². The second kappa shape index (κ2) is 9.32. The number of ether oxygens (including phenoxy) is 1. The molecular weight excluding hydrogens is 292 g/mol. The van der Waals surface area contributed by atoms with E-state index in [1.54, 1.807) is 17.6 Å². The molecule has 0 aromatic heterocycles. The van der Waals surface area contributed by atoms with Crippen molar-refractivity contribution in [3.05, 3.63) is 35.9 Å². The number of alkyl carbamates (subject to hydrolysis) is 1. The molecule has 0 aliphatic rings. The number of hydrazine groups is 1. The summed E-state index contributed by atoms with van der Waals surface area (Å²) in [7, 11) is 0. The first-order chi connectivity index (χ1) is 10.6. The highest BCUT2D eigenvalue weighted by atomic mass is 16.5. The lowest BCUT2D eigenvalue weighted by atomic mass is 10.2. The molecule has 1 rings (SSSR count). The lowest BCUT2D eigenvalue weighted by Gasteiger charge is -2.14. The SMILES string of the molecule is NNC(=O)[C@H](CO)NC(=O)CNC(=O)OCc1ccccc1. The van der Waals surface area contributed by atoms with Gasteiger partial charge in [0, 0.05) is 0 Å². The van der Waals surface area contributed by atoms with Gasteiger partial charge < -0.3 is 20.5 Å². The zero-order chi connectivity index (χ0) is 16.4. The van der Waals surface area contributed by atoms with Crippen molar-refractivity contribution in [2.45, 2.75) is 12.6 Å². The van der Waals surface area contributed by atoms with E-state index in [1.165, 1.54) is 0 Å². The Morgan fingerprint density at radius 3 is 2.50 bits per heavy atom. The average Bonchev–Trinajstić information content (AvgIpc) is 2.56. The Bertz CT molecular complexity index is 508. The van der Waals surface area contributed by atoms with Crippen LogP contribution in [0.3, 0.4) is 0 Å². The molecule has 0 saturated carbocycles. The van der Waals surface area contributed by atoms with Gasteiger partial charge in [-0.3, -0.25) is 15.0 Å². The molecule has 22 heavy (non-hydrogen) atoms. The zero-order valence-electron chi connectivity index (χ0n) is 11.7. The molecule has 0 saturated heterocycles. The number of benzene rings is 1. The van der Waals surface area contributed by atoms with Crippen molar-refractivity contribution in [1.82, 2.24) is 16.1 Å². The number of carbonyl (C=O) groups excluding carboxylic acids is 3. The minimum absolute atomic E-state index is 0.0726. The number of amides is 3. The van der Waals surface area contributed by atoms with Crippen LogP contribution in [0, 0.1) is 0 Å². The van der Waals surface area contributed by atoms with E-state index in [4.69, 9.17) is 15.7 Å². The molecule has 0 spiro atoms. The van der Waals surface area contributed by atoms with Gasteiger partial charge in [0.15, 0.2) is 0 Å². The maximum Gasteiger partial charge on any atom is 0.407 e. The highest BCUT2D eigenvalue weighted by molar-refractivity contribution is 5.89. The van der Waals surface area contributed by atoms with E-state index >= 15 is 0 Å². The zero-order valence-corrected chi connectivity index (χ0v) is 11.7. The van der Waals surface area contributed by atoms with E-state index in [0.717, 1.165) is 5.56 Å². The van der Waals surface area contributed by atoms with Gasteiger partial charge >= 0.3 is 6.09 Å². The van der Waals surface area contributed by atoms with Gasteiger partial charge in [0.2, 0.25) is 5.91 Å². The third kappa shape index (κ3) is 6.20. The summed E-state index contributed by atoms with van der Waals surface area (Å²) >= 11 is 0. The van der Waals surface area contributed by atoms with Gasteiger partial charge in [0.1, 0.15) is 19.2 Å². The molecular formula is C13H18N4O5. The third-order valence-electron chi connectivity index (χ3n) is 2.58. The predicted molar refractivity (Wildman–Crippen MR) is 76.0 cm³/mol. The third-order valence-corrected chi connectivity index (χ3v) is 2.58. The van der Waals surface area contributed by atoms with Crippen LogP contribution in [-0.4, -0.2) is 42.2 Å². The Labute approximate surface area is 126 Å². The maximum atomic E-state index is 11.5. The van der Waals surface area contributed by atoms with E-state index < -0.39 is 37.1 Å². The van der Waals surface area contributed by atoms with E-state index in [1.807, 2.05) is 18.2 Å². The monoisotopic (exact) mass is 310 g/mol. The smallest absolute Gasteiger partial charge is 0.407 e. The van der Waals surface area contributed by atoms with Gasteiger partial charge in [-0.25, -0.2) is 10.6 Å². The quantitative estimate of drug-likeness (QED) is 0.233. The van der Waals surface area contributed by atoms with Crippen LogP contribution in [0.25, 0.3) is 0 Å². The molecule has 1 aromatic carbocycles. The van der Waals surface area contributed by atoms with Crippen LogP contribution in [0.1, 0.15) is 5.56 Å². The number of rotatable bonds is 7. The molecule has 0 aliphatic heterocycles. The van der Waals surface area contributed by atoms with Crippen molar-refractivity contribution >= 4 is 17.9 Å². The van der Waals surface area contributed by atoms with Crippen molar-refractivity contribution in [2.75, 3.05) is 13.2 Å². The largest absolute Gasteiger partial charge is 0.445 e. The summed E-state index contributed by atoms with van der Waals surface area (Å²) < 4.78 is 4.90. The first-order valence-electron chi connectivity index (χ1n) is 6.42. The number of aliphatic hydroxyl groups is 1. The minimum atomic E-state index is -1.18. The molecule has 1 aromatic rings. The van der Waals surface area contributed by atoms with Crippen molar-refractivity contribution in [3.8, 4) is 0 Å². The van der Waals surface area contributed by atoms with Gasteiger partial charge in [-0.15, -0.1) is 0 Å². The number of hydrogen-bond acceptors (Lipinski definition) is 6. The highest BCUT2D eigenvalue weighted by Crippen LogP contribution is 2.00. The van der Waals surface area contributed by atoms with Crippen molar-refractivity contribution in [2.24, 2.45) is 5.84 Å². The number of nitrogens with two attached hydrogens (primary N) is 1. The topological polar surface area (TPSA) is 143 Å². The molecule has 6 N–H and O–H groups in total. The summed E-state index contributed by atoms with van der Waals surface area (Å²) in [6.07, 6.45) is -0.775. The molecule has 0 heterocycles. The number of hydrogen-bond donors (Lipinski definition) is 5. The normalized spacial score (nSPS) is 11.2.